The highest BCUT2D eigenvalue weighted by atomic mass is 15.2. The van der Waals surface area contributed by atoms with Crippen molar-refractivity contribution >= 4 is 21.7 Å². The average Bonchev–Trinajstić information content (AvgIpc) is 3.06. The number of nitrogens with zero attached hydrogens (tertiary/aromatic N) is 1. The average molecular weight is 354 g/mol. The van der Waals surface area contributed by atoms with E-state index in [4.69, 9.17) is 0 Å². The van der Waals surface area contributed by atoms with Crippen molar-refractivity contribution in [2.24, 2.45) is 5.92 Å². The lowest BCUT2D eigenvalue weighted by atomic mass is 9.89. The van der Waals surface area contributed by atoms with Gasteiger partial charge in [0.1, 0.15) is 0 Å². The molecule has 2 heteroatoms. The van der Waals surface area contributed by atoms with Gasteiger partial charge < -0.3 is 4.98 Å². The maximum absolute atomic E-state index is 3.76. The molecule has 0 aliphatic carbocycles. The summed E-state index contributed by atoms with van der Waals surface area (Å²) >= 11 is 0. The molecule has 2 nitrogen and oxygen atoms in total. The van der Waals surface area contributed by atoms with Crippen molar-refractivity contribution in [3.8, 4) is 0 Å². The van der Waals surface area contributed by atoms with Gasteiger partial charge in [-0.15, -0.1) is 0 Å². The highest BCUT2D eigenvalue weighted by Crippen LogP contribution is 2.39. The molecule has 0 radical (unpaired) electrons. The van der Waals surface area contributed by atoms with Crippen LogP contribution in [0.4, 0.5) is 0 Å². The predicted molar refractivity (Wildman–Crippen MR) is 114 cm³/mol. The Bertz CT molecular complexity index is 1100. The molecule has 0 spiro atoms. The zero-order valence-corrected chi connectivity index (χ0v) is 16.1. The van der Waals surface area contributed by atoms with E-state index in [1.54, 1.807) is 0 Å². The summed E-state index contributed by atoms with van der Waals surface area (Å²) in [5, 5.41) is 4.12. The van der Waals surface area contributed by atoms with Crippen molar-refractivity contribution in [2.45, 2.75) is 32.9 Å². The van der Waals surface area contributed by atoms with E-state index in [-0.39, 0.29) is 0 Å². The van der Waals surface area contributed by atoms with Crippen molar-refractivity contribution in [2.75, 3.05) is 6.54 Å². The number of aromatic amines is 1. The smallest absolute Gasteiger partial charge is 0.0528 e. The molecule has 4 aromatic rings. The minimum atomic E-state index is 0.431. The van der Waals surface area contributed by atoms with Gasteiger partial charge in [-0.3, -0.25) is 4.90 Å². The van der Waals surface area contributed by atoms with E-state index < -0.39 is 0 Å². The molecule has 5 rings (SSSR count). The first kappa shape index (κ1) is 16.6. The fraction of sp³-hybridized carbons (Fsp3) is 0.280. The molecule has 1 aliphatic rings. The summed E-state index contributed by atoms with van der Waals surface area (Å²) < 4.78 is 0. The molecule has 0 unspecified atom stereocenters. The predicted octanol–water partition coefficient (Wildman–Crippen LogP) is 6.08. The van der Waals surface area contributed by atoms with Crippen LogP contribution in [0.1, 0.15) is 36.7 Å². The first-order valence-electron chi connectivity index (χ1n) is 10.0. The number of nitrogens with one attached hydrogen (secondary N) is 1. The Balaban J connectivity index is 1.56. The molecular weight excluding hydrogens is 328 g/mol. The van der Waals surface area contributed by atoms with Gasteiger partial charge in [0, 0.05) is 29.7 Å². The first-order valence-corrected chi connectivity index (χ1v) is 10.0. The van der Waals surface area contributed by atoms with Crippen LogP contribution in [0.2, 0.25) is 0 Å². The first-order chi connectivity index (χ1) is 13.2. The molecule has 0 saturated heterocycles. The van der Waals surface area contributed by atoms with Crippen molar-refractivity contribution in [1.29, 1.82) is 0 Å². The van der Waals surface area contributed by atoms with E-state index in [1.165, 1.54) is 38.5 Å². The molecule has 27 heavy (non-hydrogen) atoms. The highest BCUT2D eigenvalue weighted by molar-refractivity contribution is 5.86. The van der Waals surface area contributed by atoms with Gasteiger partial charge in [0.15, 0.2) is 0 Å². The molecule has 3 aromatic carbocycles. The lowest BCUT2D eigenvalue weighted by Crippen LogP contribution is -2.37. The number of aromatic nitrogens is 1. The summed E-state index contributed by atoms with van der Waals surface area (Å²) in [4.78, 5) is 6.43. The Hall–Kier alpha value is -2.58. The summed E-state index contributed by atoms with van der Waals surface area (Å²) in [6.07, 6.45) is 1.12. The van der Waals surface area contributed by atoms with E-state index >= 15 is 0 Å². The molecule has 1 atom stereocenters. The lowest BCUT2D eigenvalue weighted by molar-refractivity contribution is 0.133. The van der Waals surface area contributed by atoms with Crippen LogP contribution >= 0.6 is 0 Å². The van der Waals surface area contributed by atoms with Crippen molar-refractivity contribution in [3.63, 3.8) is 0 Å². The molecule has 1 N–H and O–H groups in total. The Kier molecular flexibility index (Phi) is 4.02. The zero-order valence-electron chi connectivity index (χ0n) is 16.1. The molecule has 2 heterocycles. The summed E-state index contributed by atoms with van der Waals surface area (Å²) in [5.41, 5.74) is 5.66. The van der Waals surface area contributed by atoms with Gasteiger partial charge in [-0.25, -0.2) is 0 Å². The Morgan fingerprint density at radius 2 is 1.67 bits per heavy atom. The van der Waals surface area contributed by atoms with Crippen molar-refractivity contribution in [1.82, 2.24) is 9.88 Å². The standard InChI is InChI=1S/C25H26N2/c1-17(2)25-24-22(21-12-5-6-13-23(21)26-24)14-15-27(25)16-19-10-7-9-18-8-3-4-11-20(18)19/h3-13,17,25-26H,14-16H2,1-2H3/t25-/m0/s1. The van der Waals surface area contributed by atoms with Crippen LogP contribution in [0.25, 0.3) is 21.7 Å². The second kappa shape index (κ2) is 6.54. The van der Waals surface area contributed by atoms with Crippen LogP contribution in [0, 0.1) is 5.92 Å². The van der Waals surface area contributed by atoms with Gasteiger partial charge in [0.05, 0.1) is 6.04 Å². The van der Waals surface area contributed by atoms with Gasteiger partial charge in [0.25, 0.3) is 0 Å². The topological polar surface area (TPSA) is 19.0 Å². The number of H-pyrrole nitrogens is 1. The van der Waals surface area contributed by atoms with Crippen LogP contribution < -0.4 is 0 Å². The molecule has 1 aliphatic heterocycles. The minimum absolute atomic E-state index is 0.431. The van der Waals surface area contributed by atoms with Crippen LogP contribution in [0.3, 0.4) is 0 Å². The number of rotatable bonds is 3. The quantitative estimate of drug-likeness (QED) is 0.472. The second-order valence-electron chi connectivity index (χ2n) is 8.11. The van der Waals surface area contributed by atoms with E-state index in [1.807, 2.05) is 0 Å². The Labute approximate surface area is 160 Å². The number of hydrogen-bond acceptors (Lipinski definition) is 1. The third kappa shape index (κ3) is 2.76. The summed E-state index contributed by atoms with van der Waals surface area (Å²) in [6, 6.07) is 24.6. The summed E-state index contributed by atoms with van der Waals surface area (Å²) in [5.74, 6) is 0.562. The Morgan fingerprint density at radius 1 is 0.926 bits per heavy atom. The van der Waals surface area contributed by atoms with Crippen LogP contribution in [0.5, 0.6) is 0 Å². The molecule has 0 amide bonds. The number of benzene rings is 3. The Morgan fingerprint density at radius 3 is 2.52 bits per heavy atom. The maximum atomic E-state index is 3.76. The third-order valence-corrected chi connectivity index (χ3v) is 6.07. The molecule has 0 bridgehead atoms. The SMILES string of the molecule is CC(C)[C@H]1c2[nH]c3ccccc3c2CCN1Cc1cccc2ccccc12. The fourth-order valence-corrected chi connectivity index (χ4v) is 4.90. The van der Waals surface area contributed by atoms with Crippen molar-refractivity contribution < 1.29 is 0 Å². The maximum Gasteiger partial charge on any atom is 0.0528 e. The highest BCUT2D eigenvalue weighted by Gasteiger charge is 2.32. The molecular formula is C25H26N2. The van der Waals surface area contributed by atoms with Gasteiger partial charge in [-0.1, -0.05) is 74.5 Å². The van der Waals surface area contributed by atoms with E-state index in [9.17, 15) is 0 Å². The zero-order chi connectivity index (χ0) is 18.4. The van der Waals surface area contributed by atoms with Crippen LogP contribution in [-0.4, -0.2) is 16.4 Å². The molecule has 136 valence electrons. The van der Waals surface area contributed by atoms with Gasteiger partial charge in [-0.05, 0) is 40.3 Å². The minimum Gasteiger partial charge on any atom is -0.357 e. The van der Waals surface area contributed by atoms with Crippen molar-refractivity contribution in [3.05, 3.63) is 83.6 Å². The van der Waals surface area contributed by atoms with E-state index in [2.05, 4.69) is 90.5 Å². The summed E-state index contributed by atoms with van der Waals surface area (Å²) in [6.45, 7) is 6.81. The largest absolute Gasteiger partial charge is 0.357 e. The normalized spacial score (nSPS) is 17.7. The molecule has 0 fully saturated rings. The molecule has 1 aromatic heterocycles. The molecule has 0 saturated carbocycles. The van der Waals surface area contributed by atoms with Gasteiger partial charge >= 0.3 is 0 Å². The third-order valence-electron chi connectivity index (χ3n) is 6.07. The van der Waals surface area contributed by atoms with Gasteiger partial charge in [0.2, 0.25) is 0 Å². The second-order valence-corrected chi connectivity index (χ2v) is 8.11. The lowest BCUT2D eigenvalue weighted by Gasteiger charge is -2.38. The van der Waals surface area contributed by atoms with Gasteiger partial charge in [-0.2, -0.15) is 0 Å². The number of hydrogen-bond donors (Lipinski definition) is 1. The summed E-state index contributed by atoms with van der Waals surface area (Å²) in [7, 11) is 0. The fourth-order valence-electron chi connectivity index (χ4n) is 4.90. The van der Waals surface area contributed by atoms with E-state index in [0.29, 0.717) is 12.0 Å². The van der Waals surface area contributed by atoms with Crippen LogP contribution in [0.15, 0.2) is 66.7 Å². The number of para-hydroxylation sites is 1. The monoisotopic (exact) mass is 354 g/mol. The van der Waals surface area contributed by atoms with E-state index in [0.717, 1.165) is 19.5 Å². The number of fused-ring (bicyclic) bond motifs is 4. The van der Waals surface area contributed by atoms with Crippen LogP contribution in [-0.2, 0) is 13.0 Å².